The second kappa shape index (κ2) is 10.6. The number of aliphatic hydroxyl groups excluding tert-OH is 1. The molecule has 0 aliphatic carbocycles. The van der Waals surface area contributed by atoms with Gasteiger partial charge in [0.15, 0.2) is 17.6 Å². The van der Waals surface area contributed by atoms with Crippen molar-refractivity contribution in [2.45, 2.75) is 39.4 Å². The van der Waals surface area contributed by atoms with Crippen molar-refractivity contribution in [1.29, 1.82) is 0 Å². The summed E-state index contributed by atoms with van der Waals surface area (Å²) < 4.78 is 16.5. The highest BCUT2D eigenvalue weighted by atomic mass is 16.5. The second-order valence-electron chi connectivity index (χ2n) is 6.83. The topological polar surface area (TPSA) is 77.0 Å². The first-order valence-corrected chi connectivity index (χ1v) is 9.38. The third-order valence-electron chi connectivity index (χ3n) is 4.04. The van der Waals surface area contributed by atoms with Crippen molar-refractivity contribution < 1.29 is 24.1 Å². The van der Waals surface area contributed by atoms with E-state index in [1.54, 1.807) is 19.2 Å². The Bertz CT molecular complexity index is 758. The van der Waals surface area contributed by atoms with Crippen LogP contribution in [0.15, 0.2) is 42.5 Å². The van der Waals surface area contributed by atoms with Crippen LogP contribution in [0.25, 0.3) is 0 Å². The van der Waals surface area contributed by atoms with E-state index in [4.69, 9.17) is 14.2 Å². The van der Waals surface area contributed by atoms with Crippen LogP contribution in [0.5, 0.6) is 17.2 Å². The van der Waals surface area contributed by atoms with Crippen LogP contribution in [0.3, 0.4) is 0 Å². The van der Waals surface area contributed by atoms with Gasteiger partial charge in [-0.1, -0.05) is 23.8 Å². The highest BCUT2D eigenvalue weighted by Crippen LogP contribution is 2.29. The maximum atomic E-state index is 12.0. The molecule has 6 nitrogen and oxygen atoms in total. The van der Waals surface area contributed by atoms with Crippen molar-refractivity contribution in [2.75, 3.05) is 20.3 Å². The van der Waals surface area contributed by atoms with Crippen LogP contribution in [0, 0.1) is 6.92 Å². The van der Waals surface area contributed by atoms with E-state index in [1.807, 2.05) is 51.1 Å². The summed E-state index contributed by atoms with van der Waals surface area (Å²) in [6.07, 6.45) is -0.560. The molecule has 1 atom stereocenters. The Kier molecular flexibility index (Phi) is 8.14. The Morgan fingerprint density at radius 1 is 1.11 bits per heavy atom. The highest BCUT2D eigenvalue weighted by Gasteiger charge is 2.15. The van der Waals surface area contributed by atoms with Gasteiger partial charge in [0.05, 0.1) is 13.2 Å². The van der Waals surface area contributed by atoms with Gasteiger partial charge in [0.2, 0.25) is 0 Å². The second-order valence-corrected chi connectivity index (χ2v) is 6.83. The molecule has 6 heteroatoms. The molecular formula is C22H29NO5. The largest absolute Gasteiger partial charge is 0.493 e. The lowest BCUT2D eigenvalue weighted by Crippen LogP contribution is -2.39. The molecule has 0 spiro atoms. The number of rotatable bonds is 10. The van der Waals surface area contributed by atoms with Gasteiger partial charge in [0.25, 0.3) is 5.91 Å². The SMILES string of the molecule is COc1cc(CCNC(=O)[C@H](O)COc2ccc(C)cc2)ccc1OC(C)C. The Balaban J connectivity index is 1.78. The molecule has 0 fully saturated rings. The maximum Gasteiger partial charge on any atom is 0.252 e. The minimum absolute atomic E-state index is 0.0580. The number of benzene rings is 2. The molecule has 2 N–H and O–H groups in total. The van der Waals surface area contributed by atoms with Gasteiger partial charge in [-0.05, 0) is 57.0 Å². The van der Waals surface area contributed by atoms with Crippen molar-refractivity contribution in [3.05, 3.63) is 53.6 Å². The van der Waals surface area contributed by atoms with Crippen molar-refractivity contribution in [3.8, 4) is 17.2 Å². The Morgan fingerprint density at radius 2 is 1.82 bits per heavy atom. The molecule has 0 radical (unpaired) electrons. The summed E-state index contributed by atoms with van der Waals surface area (Å²) in [7, 11) is 1.60. The number of ether oxygens (including phenoxy) is 3. The molecule has 0 heterocycles. The molecule has 0 bridgehead atoms. The fourth-order valence-corrected chi connectivity index (χ4v) is 2.55. The highest BCUT2D eigenvalue weighted by molar-refractivity contribution is 5.80. The summed E-state index contributed by atoms with van der Waals surface area (Å²) in [5.74, 6) is 1.50. The molecule has 28 heavy (non-hydrogen) atoms. The van der Waals surface area contributed by atoms with Crippen LogP contribution >= 0.6 is 0 Å². The minimum atomic E-state index is -1.22. The number of hydrogen-bond donors (Lipinski definition) is 2. The van der Waals surface area contributed by atoms with Gasteiger partial charge in [0.1, 0.15) is 12.4 Å². The van der Waals surface area contributed by atoms with Gasteiger partial charge >= 0.3 is 0 Å². The van der Waals surface area contributed by atoms with Gasteiger partial charge in [-0.3, -0.25) is 4.79 Å². The lowest BCUT2D eigenvalue weighted by Gasteiger charge is -2.15. The number of carbonyl (C=O) groups excluding carboxylic acids is 1. The molecule has 1 amide bonds. The van der Waals surface area contributed by atoms with Crippen molar-refractivity contribution in [3.63, 3.8) is 0 Å². The number of amides is 1. The molecule has 0 saturated heterocycles. The number of nitrogens with one attached hydrogen (secondary N) is 1. The lowest BCUT2D eigenvalue weighted by atomic mass is 10.1. The molecule has 0 aromatic heterocycles. The number of carbonyl (C=O) groups is 1. The van der Waals surface area contributed by atoms with Crippen molar-refractivity contribution in [2.24, 2.45) is 0 Å². The first-order valence-electron chi connectivity index (χ1n) is 9.38. The normalized spacial score (nSPS) is 11.8. The van der Waals surface area contributed by atoms with Crippen molar-refractivity contribution >= 4 is 5.91 Å². The Hall–Kier alpha value is -2.73. The van der Waals surface area contributed by atoms with E-state index in [9.17, 15) is 9.90 Å². The number of methoxy groups -OCH3 is 1. The first kappa shape index (κ1) is 21.6. The first-order chi connectivity index (χ1) is 13.4. The average molecular weight is 387 g/mol. The van der Waals surface area contributed by atoms with Crippen molar-refractivity contribution in [1.82, 2.24) is 5.32 Å². The van der Waals surface area contributed by atoms with Crippen LogP contribution in [-0.4, -0.2) is 43.5 Å². The van der Waals surface area contributed by atoms with Crippen LogP contribution in [0.2, 0.25) is 0 Å². The molecule has 152 valence electrons. The predicted molar refractivity (Wildman–Crippen MR) is 108 cm³/mol. The third-order valence-corrected chi connectivity index (χ3v) is 4.04. The maximum absolute atomic E-state index is 12.0. The van der Waals surface area contributed by atoms with Gasteiger partial charge in [0, 0.05) is 6.54 Å². The van der Waals surface area contributed by atoms with Gasteiger partial charge in [-0.25, -0.2) is 0 Å². The molecular weight excluding hydrogens is 358 g/mol. The van der Waals surface area contributed by atoms with E-state index < -0.39 is 12.0 Å². The molecule has 2 aromatic carbocycles. The molecule has 2 aromatic rings. The van der Waals surface area contributed by atoms with E-state index in [2.05, 4.69) is 5.32 Å². The third kappa shape index (κ3) is 6.78. The number of aliphatic hydroxyl groups is 1. The summed E-state index contributed by atoms with van der Waals surface area (Å²) in [4.78, 5) is 12.0. The Morgan fingerprint density at radius 3 is 2.46 bits per heavy atom. The zero-order valence-electron chi connectivity index (χ0n) is 16.9. The predicted octanol–water partition coefficient (Wildman–Crippen LogP) is 2.89. The van der Waals surface area contributed by atoms with E-state index in [0.29, 0.717) is 30.2 Å². The van der Waals surface area contributed by atoms with Crippen LogP contribution < -0.4 is 19.5 Å². The molecule has 0 unspecified atom stereocenters. The average Bonchev–Trinajstić information content (AvgIpc) is 2.67. The van der Waals surface area contributed by atoms with E-state index in [1.165, 1.54) is 0 Å². The standard InChI is InChI=1S/C22H29NO5/c1-15(2)28-20-10-7-17(13-21(20)26-4)11-12-23-22(25)19(24)14-27-18-8-5-16(3)6-9-18/h5-10,13,15,19,24H,11-12,14H2,1-4H3,(H,23,25)/t19-/m1/s1. The molecule has 0 saturated carbocycles. The minimum Gasteiger partial charge on any atom is -0.493 e. The molecule has 0 aliphatic heterocycles. The number of aryl methyl sites for hydroxylation is 1. The summed E-state index contributed by atoms with van der Waals surface area (Å²) in [5, 5.41) is 12.7. The summed E-state index contributed by atoms with van der Waals surface area (Å²) >= 11 is 0. The number of hydrogen-bond acceptors (Lipinski definition) is 5. The zero-order valence-corrected chi connectivity index (χ0v) is 16.9. The Labute approximate surface area is 166 Å². The lowest BCUT2D eigenvalue weighted by molar-refractivity contribution is -0.130. The van der Waals surface area contributed by atoms with Crippen LogP contribution in [-0.2, 0) is 11.2 Å². The van der Waals surface area contributed by atoms with E-state index in [-0.39, 0.29) is 12.7 Å². The smallest absolute Gasteiger partial charge is 0.252 e. The van der Waals surface area contributed by atoms with Gasteiger partial charge < -0.3 is 24.6 Å². The van der Waals surface area contributed by atoms with Crippen LogP contribution in [0.4, 0.5) is 0 Å². The summed E-state index contributed by atoms with van der Waals surface area (Å²) in [5.41, 5.74) is 2.12. The molecule has 0 aliphatic rings. The molecule has 2 rings (SSSR count). The van der Waals surface area contributed by atoms with E-state index in [0.717, 1.165) is 11.1 Å². The fraction of sp³-hybridized carbons (Fsp3) is 0.409. The quantitative estimate of drug-likeness (QED) is 0.656. The fourth-order valence-electron chi connectivity index (χ4n) is 2.55. The summed E-state index contributed by atoms with van der Waals surface area (Å²) in [6.45, 7) is 6.19. The summed E-state index contributed by atoms with van der Waals surface area (Å²) in [6, 6.07) is 13.1. The van der Waals surface area contributed by atoms with Gasteiger partial charge in [-0.2, -0.15) is 0 Å². The van der Waals surface area contributed by atoms with Gasteiger partial charge in [-0.15, -0.1) is 0 Å². The van der Waals surface area contributed by atoms with Crippen LogP contribution in [0.1, 0.15) is 25.0 Å². The zero-order chi connectivity index (χ0) is 20.5. The monoisotopic (exact) mass is 387 g/mol. The van der Waals surface area contributed by atoms with E-state index >= 15 is 0 Å².